The van der Waals surface area contributed by atoms with Gasteiger partial charge in [0, 0.05) is 51.1 Å². The average Bonchev–Trinajstić information content (AvgIpc) is 3.37. The lowest BCUT2D eigenvalue weighted by Gasteiger charge is -2.32. The van der Waals surface area contributed by atoms with E-state index in [0.717, 1.165) is 68.1 Å². The van der Waals surface area contributed by atoms with Crippen LogP contribution in [0.3, 0.4) is 0 Å². The van der Waals surface area contributed by atoms with Crippen molar-refractivity contribution in [3.63, 3.8) is 0 Å². The van der Waals surface area contributed by atoms with Crippen molar-refractivity contribution < 1.29 is 4.42 Å². The van der Waals surface area contributed by atoms with Crippen molar-refractivity contribution in [1.82, 2.24) is 15.5 Å². The molecule has 5 nitrogen and oxygen atoms in total. The molecule has 1 aliphatic rings. The minimum atomic E-state index is 0. The van der Waals surface area contributed by atoms with Crippen molar-refractivity contribution in [2.45, 2.75) is 31.8 Å². The molecule has 1 aliphatic heterocycles. The fourth-order valence-electron chi connectivity index (χ4n) is 3.73. The van der Waals surface area contributed by atoms with E-state index >= 15 is 0 Å². The predicted octanol–water partition coefficient (Wildman–Crippen LogP) is 4.48. The summed E-state index contributed by atoms with van der Waals surface area (Å²) in [6.45, 7) is 4.13. The highest BCUT2D eigenvalue weighted by molar-refractivity contribution is 14.0. The molecule has 0 aliphatic carbocycles. The van der Waals surface area contributed by atoms with Crippen LogP contribution in [-0.2, 0) is 13.0 Å². The van der Waals surface area contributed by atoms with E-state index in [1.165, 1.54) is 5.56 Å². The number of rotatable bonds is 6. The van der Waals surface area contributed by atoms with Crippen molar-refractivity contribution >= 4 is 52.2 Å². The summed E-state index contributed by atoms with van der Waals surface area (Å²) in [5, 5.41) is 12.6. The number of furan rings is 1. The number of hydrogen-bond acceptors (Lipinski definition) is 4. The van der Waals surface area contributed by atoms with Crippen LogP contribution in [0.2, 0.25) is 0 Å². The Labute approximate surface area is 193 Å². The van der Waals surface area contributed by atoms with Gasteiger partial charge in [0.15, 0.2) is 5.96 Å². The molecule has 0 atom stereocenters. The van der Waals surface area contributed by atoms with E-state index in [1.807, 2.05) is 25.2 Å². The highest BCUT2D eigenvalue weighted by Gasteiger charge is 2.20. The van der Waals surface area contributed by atoms with Crippen LogP contribution in [-0.4, -0.2) is 43.6 Å². The molecule has 7 heteroatoms. The second-order valence-electron chi connectivity index (χ2n) is 7.33. The van der Waals surface area contributed by atoms with Crippen molar-refractivity contribution in [3.8, 4) is 0 Å². The molecule has 3 heterocycles. The molecule has 0 saturated carbocycles. The van der Waals surface area contributed by atoms with Crippen molar-refractivity contribution in [2.75, 3.05) is 26.7 Å². The van der Waals surface area contributed by atoms with E-state index in [0.29, 0.717) is 6.04 Å². The van der Waals surface area contributed by atoms with E-state index in [1.54, 1.807) is 11.3 Å². The van der Waals surface area contributed by atoms with Gasteiger partial charge in [-0.15, -0.1) is 24.0 Å². The topological polar surface area (TPSA) is 52.8 Å². The Hall–Kier alpha value is -1.58. The highest BCUT2D eigenvalue weighted by Crippen LogP contribution is 2.19. The Morgan fingerprint density at radius 3 is 2.79 bits per heavy atom. The molecule has 2 aromatic heterocycles. The van der Waals surface area contributed by atoms with Crippen molar-refractivity contribution in [2.24, 2.45) is 4.99 Å². The fraction of sp³-hybridized carbons (Fsp3) is 0.409. The summed E-state index contributed by atoms with van der Waals surface area (Å²) in [4.78, 5) is 6.93. The molecule has 0 amide bonds. The van der Waals surface area contributed by atoms with Gasteiger partial charge in [0.05, 0.1) is 0 Å². The molecule has 29 heavy (non-hydrogen) atoms. The Balaban J connectivity index is 0.00000240. The number of piperidine rings is 1. The summed E-state index contributed by atoms with van der Waals surface area (Å²) >= 11 is 1.78. The molecule has 0 spiro atoms. The van der Waals surface area contributed by atoms with Crippen LogP contribution < -0.4 is 10.6 Å². The van der Waals surface area contributed by atoms with Crippen molar-refractivity contribution in [3.05, 3.63) is 58.5 Å². The van der Waals surface area contributed by atoms with Gasteiger partial charge < -0.3 is 15.1 Å². The van der Waals surface area contributed by atoms with E-state index in [9.17, 15) is 0 Å². The molecular weight excluding hydrogens is 495 g/mol. The maximum atomic E-state index is 5.88. The number of para-hydroxylation sites is 1. The molecule has 0 unspecified atom stereocenters. The van der Waals surface area contributed by atoms with Crippen LogP contribution in [0.4, 0.5) is 0 Å². The van der Waals surface area contributed by atoms with Crippen LogP contribution in [0.25, 0.3) is 11.0 Å². The van der Waals surface area contributed by atoms with Crippen LogP contribution in [0.5, 0.6) is 0 Å². The van der Waals surface area contributed by atoms with Gasteiger partial charge in [-0.2, -0.15) is 11.3 Å². The number of thiophene rings is 1. The third-order valence-electron chi connectivity index (χ3n) is 5.28. The first-order chi connectivity index (χ1) is 13.8. The molecule has 1 aromatic carbocycles. The third-order valence-corrected chi connectivity index (χ3v) is 6.01. The second-order valence-corrected chi connectivity index (χ2v) is 8.11. The molecule has 0 bridgehead atoms. The minimum absolute atomic E-state index is 0. The summed E-state index contributed by atoms with van der Waals surface area (Å²) in [5.41, 5.74) is 2.38. The van der Waals surface area contributed by atoms with Gasteiger partial charge in [-0.05, 0) is 47.4 Å². The largest absolute Gasteiger partial charge is 0.461 e. The SMILES string of the molecule is CN=C(NCCc1cc2ccccc2o1)NC1CCN(Cc2ccsc2)CC1.I. The van der Waals surface area contributed by atoms with Gasteiger partial charge >= 0.3 is 0 Å². The monoisotopic (exact) mass is 524 g/mol. The van der Waals surface area contributed by atoms with Crippen LogP contribution in [0.15, 0.2) is 56.6 Å². The zero-order valence-electron chi connectivity index (χ0n) is 16.8. The zero-order valence-corrected chi connectivity index (χ0v) is 19.9. The van der Waals surface area contributed by atoms with Gasteiger partial charge in [0.2, 0.25) is 0 Å². The molecule has 4 rings (SSSR count). The first-order valence-electron chi connectivity index (χ1n) is 9.98. The van der Waals surface area contributed by atoms with Gasteiger partial charge in [-0.1, -0.05) is 18.2 Å². The number of nitrogens with one attached hydrogen (secondary N) is 2. The minimum Gasteiger partial charge on any atom is -0.461 e. The van der Waals surface area contributed by atoms with Crippen molar-refractivity contribution in [1.29, 1.82) is 0 Å². The lowest BCUT2D eigenvalue weighted by atomic mass is 10.0. The molecule has 3 aromatic rings. The van der Waals surface area contributed by atoms with Crippen LogP contribution in [0.1, 0.15) is 24.2 Å². The second kappa shape index (κ2) is 11.0. The van der Waals surface area contributed by atoms with Crippen LogP contribution in [0, 0.1) is 0 Å². The Morgan fingerprint density at radius 2 is 2.07 bits per heavy atom. The van der Waals surface area contributed by atoms with Gasteiger partial charge in [0.25, 0.3) is 0 Å². The quantitative estimate of drug-likeness (QED) is 0.284. The van der Waals surface area contributed by atoms with E-state index in [2.05, 4.69) is 49.5 Å². The first kappa shape index (κ1) is 22.1. The number of guanidine groups is 1. The Morgan fingerprint density at radius 1 is 1.24 bits per heavy atom. The molecular formula is C22H29IN4OS. The van der Waals surface area contributed by atoms with E-state index in [-0.39, 0.29) is 24.0 Å². The summed E-state index contributed by atoms with van der Waals surface area (Å²) in [6.07, 6.45) is 3.14. The number of fused-ring (bicyclic) bond motifs is 1. The van der Waals surface area contributed by atoms with E-state index < -0.39 is 0 Å². The standard InChI is InChI=1S/C22H28N4OS.HI/c1-23-22(24-10-6-20-14-18-4-2-3-5-21(18)27-20)25-19-7-11-26(12-8-19)15-17-9-13-28-16-17;/h2-5,9,13-14,16,19H,6-8,10-12,15H2,1H3,(H2,23,24,25);1H. The fourth-order valence-corrected chi connectivity index (χ4v) is 4.39. The Bertz CT molecular complexity index is 868. The Kier molecular flexibility index (Phi) is 8.38. The summed E-state index contributed by atoms with van der Waals surface area (Å²) in [5.74, 6) is 1.89. The molecule has 1 saturated heterocycles. The summed E-state index contributed by atoms with van der Waals surface area (Å²) in [6, 6.07) is 13.0. The predicted molar refractivity (Wildman–Crippen MR) is 132 cm³/mol. The zero-order chi connectivity index (χ0) is 19.2. The molecule has 0 radical (unpaired) electrons. The number of hydrogen-bond donors (Lipinski definition) is 2. The smallest absolute Gasteiger partial charge is 0.191 e. The van der Waals surface area contributed by atoms with Gasteiger partial charge in [-0.25, -0.2) is 0 Å². The molecule has 1 fully saturated rings. The average molecular weight is 524 g/mol. The van der Waals surface area contributed by atoms with Crippen LogP contribution >= 0.6 is 35.3 Å². The lowest BCUT2D eigenvalue weighted by Crippen LogP contribution is -2.48. The van der Waals surface area contributed by atoms with Gasteiger partial charge in [-0.3, -0.25) is 9.89 Å². The normalized spacial score (nSPS) is 16.0. The number of halogens is 1. The lowest BCUT2D eigenvalue weighted by molar-refractivity contribution is 0.198. The summed E-state index contributed by atoms with van der Waals surface area (Å²) in [7, 11) is 1.84. The first-order valence-corrected chi connectivity index (χ1v) is 10.9. The highest BCUT2D eigenvalue weighted by atomic mass is 127. The maximum absolute atomic E-state index is 5.88. The number of nitrogens with zero attached hydrogens (tertiary/aromatic N) is 2. The number of benzene rings is 1. The van der Waals surface area contributed by atoms with E-state index in [4.69, 9.17) is 4.42 Å². The number of likely N-dealkylation sites (tertiary alicyclic amines) is 1. The third kappa shape index (κ3) is 6.20. The molecule has 156 valence electrons. The molecule has 2 N–H and O–H groups in total. The maximum Gasteiger partial charge on any atom is 0.191 e. The summed E-state index contributed by atoms with van der Waals surface area (Å²) < 4.78 is 5.88. The number of aliphatic imine (C=N–C) groups is 1. The van der Waals surface area contributed by atoms with Gasteiger partial charge in [0.1, 0.15) is 11.3 Å².